The Labute approximate surface area is 92.3 Å². The Morgan fingerprint density at radius 2 is 1.12 bits per heavy atom. The van der Waals surface area contributed by atoms with Crippen LogP contribution in [0.5, 0.6) is 0 Å². The van der Waals surface area contributed by atoms with Crippen LogP contribution < -0.4 is 5.11 Å². The van der Waals surface area contributed by atoms with E-state index in [2.05, 4.69) is 9.78 Å². The van der Waals surface area contributed by atoms with Gasteiger partial charge in [0.25, 0.3) is 0 Å². The molecule has 0 rings (SSSR count). The van der Waals surface area contributed by atoms with Crippen LogP contribution in [0.1, 0.15) is 20.8 Å². The smallest absolute Gasteiger partial charge is 0.352 e. The van der Waals surface area contributed by atoms with Gasteiger partial charge in [-0.15, -0.1) is 0 Å². The van der Waals surface area contributed by atoms with Crippen LogP contribution in [0.2, 0.25) is 0 Å². The molecular formula is C8H15O8-. The number of carboxylic acids is 1. The fourth-order valence-corrected chi connectivity index (χ4v) is 0.117. The molecule has 0 amide bonds. The number of aliphatic carboxylic acids is 1. The van der Waals surface area contributed by atoms with E-state index in [4.69, 9.17) is 20.1 Å². The van der Waals surface area contributed by atoms with Crippen LogP contribution in [0.4, 0.5) is 0 Å². The number of carboxylic acid groups (broad SMARTS) is 1. The van der Waals surface area contributed by atoms with Crippen molar-refractivity contribution < 1.29 is 39.5 Å². The molecule has 0 saturated heterocycles. The maximum absolute atomic E-state index is 9.85. The van der Waals surface area contributed by atoms with E-state index in [1.54, 1.807) is 0 Å². The van der Waals surface area contributed by atoms with E-state index in [0.29, 0.717) is 0 Å². The normalized spacial score (nSPS) is 7.31. The van der Waals surface area contributed by atoms with Gasteiger partial charge in [-0.2, -0.15) is 0 Å². The average Bonchev–Trinajstić information content (AvgIpc) is 2.14. The molecule has 96 valence electrons. The minimum atomic E-state index is -1.08. The molecule has 0 spiro atoms. The standard InChI is InChI=1S/C4H6O4.C2H4O2.C2H6O2/c1-3(5)7-8-4(2)6;1-2(3)4;3-1-2-4/h1-2H3;1H3,(H,3,4);3-4H,1-2H2/p-1. The minimum absolute atomic E-state index is 0.125. The van der Waals surface area contributed by atoms with E-state index in [-0.39, 0.29) is 13.2 Å². The van der Waals surface area contributed by atoms with Crippen molar-refractivity contribution in [2.24, 2.45) is 0 Å². The number of rotatable bonds is 1. The number of carbonyl (C=O) groups excluding carboxylic acids is 3. The summed E-state index contributed by atoms with van der Waals surface area (Å²) in [6.45, 7) is 3.01. The number of aliphatic hydroxyl groups excluding tert-OH is 2. The quantitative estimate of drug-likeness (QED) is 0.387. The predicted molar refractivity (Wildman–Crippen MR) is 48.4 cm³/mol. The highest BCUT2D eigenvalue weighted by atomic mass is 17.2. The SMILES string of the molecule is CC(=O)OOC(C)=O.CC(=O)[O-].OCCO. The van der Waals surface area contributed by atoms with Crippen molar-refractivity contribution in [3.05, 3.63) is 0 Å². The minimum Gasteiger partial charge on any atom is -0.550 e. The molecule has 0 heterocycles. The van der Waals surface area contributed by atoms with Crippen LogP contribution in [0.3, 0.4) is 0 Å². The second-order valence-electron chi connectivity index (χ2n) is 2.09. The highest BCUT2D eigenvalue weighted by Gasteiger charge is 1.95. The van der Waals surface area contributed by atoms with Crippen molar-refractivity contribution in [3.63, 3.8) is 0 Å². The first kappa shape index (κ1) is 19.8. The Morgan fingerprint density at radius 1 is 0.938 bits per heavy atom. The summed E-state index contributed by atoms with van der Waals surface area (Å²) in [5.41, 5.74) is 0. The second kappa shape index (κ2) is 15.8. The van der Waals surface area contributed by atoms with Gasteiger partial charge in [-0.25, -0.2) is 19.4 Å². The lowest BCUT2D eigenvalue weighted by atomic mass is 10.8. The van der Waals surface area contributed by atoms with E-state index in [1.807, 2.05) is 0 Å². The predicted octanol–water partition coefficient (Wildman–Crippen LogP) is -2.25. The molecule has 0 bridgehead atoms. The maximum atomic E-state index is 9.85. The van der Waals surface area contributed by atoms with Gasteiger partial charge in [-0.1, -0.05) is 0 Å². The zero-order valence-corrected chi connectivity index (χ0v) is 9.26. The first-order chi connectivity index (χ1) is 7.27. The topological polar surface area (TPSA) is 133 Å². The lowest BCUT2D eigenvalue weighted by molar-refractivity contribution is -0.302. The van der Waals surface area contributed by atoms with Gasteiger partial charge >= 0.3 is 11.9 Å². The summed E-state index contributed by atoms with van der Waals surface area (Å²) in [6, 6.07) is 0. The van der Waals surface area contributed by atoms with Crippen molar-refractivity contribution in [2.45, 2.75) is 20.8 Å². The summed E-state index contributed by atoms with van der Waals surface area (Å²) in [4.78, 5) is 36.2. The van der Waals surface area contributed by atoms with Gasteiger partial charge in [0.1, 0.15) is 0 Å². The lowest BCUT2D eigenvalue weighted by Crippen LogP contribution is -2.16. The van der Waals surface area contributed by atoms with Crippen molar-refractivity contribution in [1.29, 1.82) is 0 Å². The number of aliphatic hydroxyl groups is 2. The second-order valence-corrected chi connectivity index (χ2v) is 2.09. The Hall–Kier alpha value is -1.67. The highest BCUT2D eigenvalue weighted by Crippen LogP contribution is 1.78. The van der Waals surface area contributed by atoms with Gasteiger partial charge in [0, 0.05) is 19.8 Å². The fraction of sp³-hybridized carbons (Fsp3) is 0.625. The molecule has 2 N–H and O–H groups in total. The highest BCUT2D eigenvalue weighted by molar-refractivity contribution is 5.69. The van der Waals surface area contributed by atoms with Crippen LogP contribution in [0.25, 0.3) is 0 Å². The molecule has 0 aliphatic heterocycles. The molecule has 0 aromatic carbocycles. The van der Waals surface area contributed by atoms with Gasteiger partial charge < -0.3 is 20.1 Å². The zero-order valence-electron chi connectivity index (χ0n) is 9.26. The molecule has 0 aromatic rings. The van der Waals surface area contributed by atoms with E-state index in [1.165, 1.54) is 0 Å². The first-order valence-electron chi connectivity index (χ1n) is 4.02. The summed E-state index contributed by atoms with van der Waals surface area (Å²) in [7, 11) is 0. The maximum Gasteiger partial charge on any atom is 0.352 e. The molecular weight excluding hydrogens is 224 g/mol. The number of hydrogen-bond acceptors (Lipinski definition) is 8. The van der Waals surface area contributed by atoms with E-state index in [9.17, 15) is 9.59 Å². The van der Waals surface area contributed by atoms with Crippen LogP contribution in [0, 0.1) is 0 Å². The van der Waals surface area contributed by atoms with E-state index >= 15 is 0 Å². The summed E-state index contributed by atoms with van der Waals surface area (Å²) in [5.74, 6) is -2.36. The fourth-order valence-electron chi connectivity index (χ4n) is 0.117. The molecule has 0 fully saturated rings. The number of hydrogen-bond donors (Lipinski definition) is 2. The molecule has 0 saturated carbocycles. The van der Waals surface area contributed by atoms with Gasteiger partial charge in [0.15, 0.2) is 0 Å². The number of carbonyl (C=O) groups is 3. The Balaban J connectivity index is -0.000000179. The molecule has 0 unspecified atom stereocenters. The lowest BCUT2D eigenvalue weighted by Gasteiger charge is -1.93. The van der Waals surface area contributed by atoms with Crippen LogP contribution in [0.15, 0.2) is 0 Å². The Bertz CT molecular complexity index is 180. The third-order valence-corrected chi connectivity index (χ3v) is 0.376. The molecule has 8 heteroatoms. The molecule has 16 heavy (non-hydrogen) atoms. The molecule has 0 aromatic heterocycles. The average molecular weight is 239 g/mol. The van der Waals surface area contributed by atoms with Crippen molar-refractivity contribution in [1.82, 2.24) is 0 Å². The largest absolute Gasteiger partial charge is 0.550 e. The van der Waals surface area contributed by atoms with Crippen LogP contribution >= 0.6 is 0 Å². The first-order valence-corrected chi connectivity index (χ1v) is 4.02. The van der Waals surface area contributed by atoms with Gasteiger partial charge in [0.05, 0.1) is 13.2 Å². The van der Waals surface area contributed by atoms with Crippen molar-refractivity contribution in [3.8, 4) is 0 Å². The molecule has 0 radical (unpaired) electrons. The third kappa shape index (κ3) is 84.4. The van der Waals surface area contributed by atoms with E-state index in [0.717, 1.165) is 20.8 Å². The van der Waals surface area contributed by atoms with Crippen molar-refractivity contribution >= 4 is 17.9 Å². The van der Waals surface area contributed by atoms with Crippen molar-refractivity contribution in [2.75, 3.05) is 13.2 Å². The summed E-state index contributed by atoms with van der Waals surface area (Å²) in [6.07, 6.45) is 0. The van der Waals surface area contributed by atoms with Gasteiger partial charge in [-0.05, 0) is 6.92 Å². The van der Waals surface area contributed by atoms with Gasteiger partial charge in [-0.3, -0.25) is 0 Å². The molecule has 0 atom stereocenters. The summed E-state index contributed by atoms with van der Waals surface area (Å²) in [5, 5.41) is 24.1. The van der Waals surface area contributed by atoms with Gasteiger partial charge in [0.2, 0.25) is 0 Å². The molecule has 0 aliphatic carbocycles. The van der Waals surface area contributed by atoms with E-state index < -0.39 is 17.9 Å². The zero-order chi connectivity index (χ0) is 13.6. The summed E-state index contributed by atoms with van der Waals surface area (Å²) < 4.78 is 0. The monoisotopic (exact) mass is 239 g/mol. The van der Waals surface area contributed by atoms with Crippen LogP contribution in [-0.2, 0) is 24.2 Å². The molecule has 0 aliphatic rings. The summed E-state index contributed by atoms with van der Waals surface area (Å²) >= 11 is 0. The third-order valence-electron chi connectivity index (χ3n) is 0.376. The molecule has 8 nitrogen and oxygen atoms in total. The Kier molecular flexibility index (Phi) is 19.6. The Morgan fingerprint density at radius 3 is 1.19 bits per heavy atom. The van der Waals surface area contributed by atoms with Crippen LogP contribution in [-0.4, -0.2) is 41.3 Å².